The highest BCUT2D eigenvalue weighted by Crippen LogP contribution is 2.05. The molecule has 0 aliphatic rings. The third-order valence-corrected chi connectivity index (χ3v) is 5.72. The van der Waals surface area contributed by atoms with E-state index in [-0.39, 0.29) is 0 Å². The van der Waals surface area contributed by atoms with Crippen molar-refractivity contribution < 1.29 is 22.8 Å². The molecule has 0 spiro atoms. The van der Waals surface area contributed by atoms with Crippen LogP contribution in [0.15, 0.2) is 24.9 Å². The molecule has 0 saturated heterocycles. The zero-order valence-electron chi connectivity index (χ0n) is 11.6. The first-order valence-electron chi connectivity index (χ1n) is 4.96. The van der Waals surface area contributed by atoms with Crippen molar-refractivity contribution in [3.63, 3.8) is 0 Å². The highest BCUT2D eigenvalue weighted by Gasteiger charge is 2.33. The molecule has 0 rings (SSSR count). The van der Waals surface area contributed by atoms with E-state index in [9.17, 15) is 0 Å². The summed E-state index contributed by atoms with van der Waals surface area (Å²) in [5.74, 6) is 0. The second-order valence-electron chi connectivity index (χ2n) is 3.05. The fraction of sp³-hybridized carbons (Fsp3) is 0.600. The predicted octanol–water partition coefficient (Wildman–Crippen LogP) is 0.0741. The summed E-state index contributed by atoms with van der Waals surface area (Å²) in [7, 11) is 6.23. The van der Waals surface area contributed by atoms with Crippen molar-refractivity contribution in [2.45, 2.75) is 5.41 Å². The second-order valence-corrected chi connectivity index (χ2v) is 7.28. The van der Waals surface area contributed by atoms with Crippen LogP contribution in [0.2, 0.25) is 0 Å². The Morgan fingerprint density at radius 3 is 1.29 bits per heavy atom. The van der Waals surface area contributed by atoms with E-state index >= 15 is 0 Å². The van der Waals surface area contributed by atoms with Crippen LogP contribution in [0, 0.1) is 0 Å². The average molecular weight is 280 g/mol. The van der Waals surface area contributed by atoms with E-state index < -0.39 is 14.2 Å². The van der Waals surface area contributed by atoms with Gasteiger partial charge in [-0.3, -0.25) is 0 Å². The van der Waals surface area contributed by atoms with E-state index in [1.165, 1.54) is 0 Å². The van der Waals surface area contributed by atoms with E-state index in [2.05, 4.69) is 13.2 Å². The van der Waals surface area contributed by atoms with Crippen LogP contribution < -0.4 is 0 Å². The van der Waals surface area contributed by atoms with Crippen LogP contribution in [-0.4, -0.2) is 60.0 Å². The maximum absolute atomic E-state index is 4.96. The van der Waals surface area contributed by atoms with Gasteiger partial charge in [0.15, 0.2) is 5.41 Å². The highest BCUT2D eigenvalue weighted by molar-refractivity contribution is 6.66. The minimum Gasteiger partial charge on any atom is -0.374 e. The summed E-state index contributed by atoms with van der Waals surface area (Å²) >= 11 is 0. The van der Waals surface area contributed by atoms with Crippen molar-refractivity contribution in [1.29, 1.82) is 0 Å². The number of hydrogen-bond acceptors (Lipinski definition) is 5. The summed E-state index contributed by atoms with van der Waals surface area (Å²) in [5, 5.41) is 0. The maximum Gasteiger partial charge on any atom is 0.528 e. The lowest BCUT2D eigenvalue weighted by Crippen LogP contribution is -2.40. The Morgan fingerprint density at radius 1 is 0.941 bits per heavy atom. The molecule has 0 bridgehead atoms. The number of rotatable bonds is 7. The summed E-state index contributed by atoms with van der Waals surface area (Å²) in [4.78, 5) is 0. The molecule has 5 nitrogen and oxygen atoms in total. The van der Waals surface area contributed by atoms with E-state index in [0.717, 1.165) is 10.2 Å². The van der Waals surface area contributed by atoms with Crippen LogP contribution in [0.5, 0.6) is 0 Å². The minimum atomic E-state index is -2.43. The van der Waals surface area contributed by atoms with Gasteiger partial charge >= 0.3 is 8.80 Å². The predicted molar refractivity (Wildman–Crippen MR) is 73.9 cm³/mol. The first-order chi connectivity index (χ1) is 7.92. The van der Waals surface area contributed by atoms with Gasteiger partial charge in [0.25, 0.3) is 0 Å². The van der Waals surface area contributed by atoms with Crippen LogP contribution in [0.4, 0.5) is 0 Å². The summed E-state index contributed by atoms with van der Waals surface area (Å²) in [6, 6.07) is 0. The quantitative estimate of drug-likeness (QED) is 0.375. The molecule has 0 radical (unpaired) electrons. The van der Waals surface area contributed by atoms with Gasteiger partial charge in [-0.1, -0.05) is 13.2 Å². The minimum absolute atomic E-state index is 0.472. The zero-order chi connectivity index (χ0) is 13.9. The molecule has 0 aliphatic heterocycles. The molecule has 0 amide bonds. The van der Waals surface area contributed by atoms with Crippen LogP contribution >= 0.6 is 0 Å². The molecule has 0 unspecified atom stereocenters. The molecule has 0 aromatic heterocycles. The van der Waals surface area contributed by atoms with E-state index in [1.807, 2.05) is 0 Å². The van der Waals surface area contributed by atoms with Gasteiger partial charge in [-0.05, 0) is 11.8 Å². The van der Waals surface area contributed by atoms with Crippen molar-refractivity contribution in [2.24, 2.45) is 0 Å². The average Bonchev–Trinajstić information content (AvgIpc) is 2.42. The van der Waals surface area contributed by atoms with Gasteiger partial charge < -0.3 is 22.8 Å². The number of hydrogen-bond donors (Lipinski definition) is 0. The third kappa shape index (κ3) is 6.89. The maximum atomic E-state index is 4.96. The molecule has 0 atom stereocenters. The van der Waals surface area contributed by atoms with E-state index in [1.54, 1.807) is 47.3 Å². The normalized spacial score (nSPS) is 11.6. The van der Waals surface area contributed by atoms with Crippen molar-refractivity contribution in [3.8, 4) is 0 Å². The summed E-state index contributed by atoms with van der Waals surface area (Å²) in [6.45, 7) is 7.09. The Bertz CT molecular complexity index is 206. The molecule has 0 aliphatic carbocycles. The summed E-state index contributed by atoms with van der Waals surface area (Å²) in [6.07, 6.45) is 1.67. The molecule has 102 valence electrons. The molecular formula is C10H24O5Si2. The SMILES string of the molecule is C=CC([SiH3])(OC)OC.C=C[Si](OC)(OC)OC. The standard InChI is InChI=1S/C5H12O3Si.C5H12O2Si/c1-5-9(6-2,7-3)8-4;1-4-5(8,6-2)7-3/h5H,1H2,2-4H3;4H,1H2,2-3,8H3. The fourth-order valence-corrected chi connectivity index (χ4v) is 1.75. The van der Waals surface area contributed by atoms with Gasteiger partial charge in [0, 0.05) is 35.5 Å². The smallest absolute Gasteiger partial charge is 0.374 e. The van der Waals surface area contributed by atoms with Gasteiger partial charge in [-0.15, -0.1) is 0 Å². The molecule has 0 heterocycles. The van der Waals surface area contributed by atoms with Crippen LogP contribution in [0.3, 0.4) is 0 Å². The first-order valence-corrected chi connectivity index (χ1v) is 7.76. The first kappa shape index (κ1) is 19.1. The molecule has 7 heteroatoms. The summed E-state index contributed by atoms with van der Waals surface area (Å²) < 4.78 is 24.8. The largest absolute Gasteiger partial charge is 0.528 e. The zero-order valence-corrected chi connectivity index (χ0v) is 14.6. The Kier molecular flexibility index (Phi) is 10.9. The molecule has 0 fully saturated rings. The molecular weight excluding hydrogens is 256 g/mol. The van der Waals surface area contributed by atoms with E-state index in [0.29, 0.717) is 0 Å². The lowest BCUT2D eigenvalue weighted by atomic mass is 10.6. The third-order valence-electron chi connectivity index (χ3n) is 2.28. The van der Waals surface area contributed by atoms with Crippen molar-refractivity contribution in [2.75, 3.05) is 35.5 Å². The van der Waals surface area contributed by atoms with Crippen molar-refractivity contribution in [3.05, 3.63) is 24.9 Å². The fourth-order valence-electron chi connectivity index (χ4n) is 0.750. The van der Waals surface area contributed by atoms with Gasteiger partial charge in [0.2, 0.25) is 0 Å². The van der Waals surface area contributed by atoms with Gasteiger partial charge in [-0.25, -0.2) is 0 Å². The highest BCUT2D eigenvalue weighted by atomic mass is 28.4. The number of methoxy groups -OCH3 is 2. The van der Waals surface area contributed by atoms with Gasteiger partial charge in [0.1, 0.15) is 0 Å². The summed E-state index contributed by atoms with van der Waals surface area (Å²) in [5.41, 5.74) is 1.10. The second kappa shape index (κ2) is 9.71. The van der Waals surface area contributed by atoms with Crippen LogP contribution in [-0.2, 0) is 22.8 Å². The number of ether oxygens (including phenoxy) is 2. The molecule has 17 heavy (non-hydrogen) atoms. The lowest BCUT2D eigenvalue weighted by Gasteiger charge is -2.21. The Morgan fingerprint density at radius 2 is 1.29 bits per heavy atom. The van der Waals surface area contributed by atoms with Gasteiger partial charge in [0.05, 0.1) is 10.2 Å². The molecule has 0 saturated carbocycles. The van der Waals surface area contributed by atoms with E-state index in [4.69, 9.17) is 22.8 Å². The lowest BCUT2D eigenvalue weighted by molar-refractivity contribution is -0.105. The molecule has 0 aromatic carbocycles. The van der Waals surface area contributed by atoms with Crippen LogP contribution in [0.1, 0.15) is 0 Å². The molecule has 0 aromatic rings. The van der Waals surface area contributed by atoms with Gasteiger partial charge in [-0.2, -0.15) is 0 Å². The Balaban J connectivity index is 0. The topological polar surface area (TPSA) is 46.2 Å². The monoisotopic (exact) mass is 280 g/mol. The Hall–Kier alpha value is -0.286. The van der Waals surface area contributed by atoms with Crippen molar-refractivity contribution in [1.82, 2.24) is 0 Å². The van der Waals surface area contributed by atoms with Crippen LogP contribution in [0.25, 0.3) is 0 Å². The Labute approximate surface area is 108 Å². The van der Waals surface area contributed by atoms with Crippen molar-refractivity contribution >= 4 is 19.0 Å². The molecule has 0 N–H and O–H groups in total.